The number of benzene rings is 1. The van der Waals surface area contributed by atoms with E-state index in [-0.39, 0.29) is 6.04 Å². The maximum Gasteiger partial charge on any atom is 0.161 e. The fraction of sp³-hybridized carbons (Fsp3) is 0.250. The minimum atomic E-state index is -0.877. The van der Waals surface area contributed by atoms with Gasteiger partial charge in [-0.05, 0) is 19.1 Å². The van der Waals surface area contributed by atoms with Crippen LogP contribution in [0.2, 0.25) is 0 Å². The lowest BCUT2D eigenvalue weighted by atomic mass is 10.1. The van der Waals surface area contributed by atoms with Crippen LogP contribution in [-0.2, 0) is 6.42 Å². The fourth-order valence-electron chi connectivity index (χ4n) is 1.60. The molecule has 0 saturated carbocycles. The Hall–Kier alpha value is -1.55. The third-order valence-electron chi connectivity index (χ3n) is 2.32. The maximum absolute atomic E-state index is 13.0. The Kier molecular flexibility index (Phi) is 2.83. The summed E-state index contributed by atoms with van der Waals surface area (Å²) in [5, 5.41) is 0.590. The summed E-state index contributed by atoms with van der Waals surface area (Å²) in [6, 6.07) is 5.75. The molecule has 0 aliphatic heterocycles. The third-order valence-corrected chi connectivity index (χ3v) is 2.32. The monoisotopic (exact) mass is 222 g/mol. The van der Waals surface area contributed by atoms with Gasteiger partial charge in [0.25, 0.3) is 0 Å². The molecule has 0 spiro atoms. The van der Waals surface area contributed by atoms with Gasteiger partial charge in [0.1, 0.15) is 0 Å². The topological polar surface area (TPSA) is 38.9 Å². The van der Waals surface area contributed by atoms with Crippen molar-refractivity contribution in [1.29, 1.82) is 0 Å². The Morgan fingerprint density at radius 1 is 1.25 bits per heavy atom. The molecule has 1 unspecified atom stereocenters. The number of hydrogen-bond donors (Lipinski definition) is 1. The lowest BCUT2D eigenvalue weighted by Gasteiger charge is -2.06. The van der Waals surface area contributed by atoms with Gasteiger partial charge in [-0.2, -0.15) is 0 Å². The maximum atomic E-state index is 13.0. The van der Waals surface area contributed by atoms with Crippen molar-refractivity contribution in [3.63, 3.8) is 0 Å². The number of halogens is 2. The molecule has 4 heteroatoms. The van der Waals surface area contributed by atoms with Crippen molar-refractivity contribution in [2.75, 3.05) is 0 Å². The van der Waals surface area contributed by atoms with Gasteiger partial charge >= 0.3 is 0 Å². The van der Waals surface area contributed by atoms with Crippen molar-refractivity contribution in [2.45, 2.75) is 19.4 Å². The highest BCUT2D eigenvalue weighted by Crippen LogP contribution is 2.17. The summed E-state index contributed by atoms with van der Waals surface area (Å²) < 4.78 is 25.9. The Balaban J connectivity index is 2.49. The number of fused-ring (bicyclic) bond motifs is 1. The standard InChI is InChI=1S/C12H12F2N2/c1-7(15)4-9-3-2-8-5-10(13)11(14)6-12(8)16-9/h2-3,5-7H,4,15H2,1H3. The van der Waals surface area contributed by atoms with Gasteiger partial charge in [0.15, 0.2) is 11.6 Å². The SMILES string of the molecule is CC(N)Cc1ccc2cc(F)c(F)cc2n1. The molecule has 2 rings (SSSR count). The van der Waals surface area contributed by atoms with Gasteiger partial charge in [-0.1, -0.05) is 6.07 Å². The van der Waals surface area contributed by atoms with E-state index in [0.29, 0.717) is 17.3 Å². The highest BCUT2D eigenvalue weighted by Gasteiger charge is 2.06. The summed E-state index contributed by atoms with van der Waals surface area (Å²) in [5.74, 6) is -1.73. The van der Waals surface area contributed by atoms with Gasteiger partial charge in [0.2, 0.25) is 0 Å². The van der Waals surface area contributed by atoms with Gasteiger partial charge < -0.3 is 5.73 Å². The summed E-state index contributed by atoms with van der Waals surface area (Å²) in [5.41, 5.74) is 6.89. The van der Waals surface area contributed by atoms with Crippen LogP contribution in [0.4, 0.5) is 8.78 Å². The number of nitrogens with two attached hydrogens (primary N) is 1. The minimum Gasteiger partial charge on any atom is -0.328 e. The predicted molar refractivity (Wildman–Crippen MR) is 59.0 cm³/mol. The van der Waals surface area contributed by atoms with Crippen molar-refractivity contribution in [1.82, 2.24) is 4.98 Å². The molecule has 16 heavy (non-hydrogen) atoms. The molecule has 1 heterocycles. The summed E-state index contributed by atoms with van der Waals surface area (Å²) in [6.45, 7) is 1.87. The Labute approximate surface area is 92.1 Å². The molecular weight excluding hydrogens is 210 g/mol. The zero-order valence-corrected chi connectivity index (χ0v) is 8.87. The Bertz CT molecular complexity index is 524. The quantitative estimate of drug-likeness (QED) is 0.847. The first-order valence-corrected chi connectivity index (χ1v) is 5.06. The largest absolute Gasteiger partial charge is 0.328 e. The zero-order valence-electron chi connectivity index (χ0n) is 8.87. The van der Waals surface area contributed by atoms with Crippen LogP contribution in [0.15, 0.2) is 24.3 Å². The molecule has 84 valence electrons. The van der Waals surface area contributed by atoms with Gasteiger partial charge in [-0.15, -0.1) is 0 Å². The number of nitrogens with zero attached hydrogens (tertiary/aromatic N) is 1. The minimum absolute atomic E-state index is 0.00440. The van der Waals surface area contributed by atoms with E-state index in [2.05, 4.69) is 4.98 Å². The molecule has 0 aliphatic rings. The predicted octanol–water partition coefficient (Wildman–Crippen LogP) is 2.40. The van der Waals surface area contributed by atoms with E-state index in [4.69, 9.17) is 5.73 Å². The zero-order chi connectivity index (χ0) is 11.7. The molecule has 0 fully saturated rings. The average molecular weight is 222 g/mol. The molecule has 0 radical (unpaired) electrons. The van der Waals surface area contributed by atoms with Crippen LogP contribution < -0.4 is 5.73 Å². The molecule has 1 aromatic heterocycles. The Morgan fingerprint density at radius 2 is 1.94 bits per heavy atom. The molecule has 2 N–H and O–H groups in total. The molecule has 0 saturated heterocycles. The number of pyridine rings is 1. The van der Waals surface area contributed by atoms with Crippen molar-refractivity contribution in [3.8, 4) is 0 Å². The normalized spacial score (nSPS) is 13.0. The second kappa shape index (κ2) is 4.14. The number of hydrogen-bond acceptors (Lipinski definition) is 2. The fourth-order valence-corrected chi connectivity index (χ4v) is 1.60. The number of aromatic nitrogens is 1. The van der Waals surface area contributed by atoms with Crippen molar-refractivity contribution in [2.24, 2.45) is 5.73 Å². The van der Waals surface area contributed by atoms with Crippen LogP contribution in [0.3, 0.4) is 0 Å². The van der Waals surface area contributed by atoms with Crippen LogP contribution in [0.25, 0.3) is 10.9 Å². The second-order valence-corrected chi connectivity index (χ2v) is 3.94. The smallest absolute Gasteiger partial charge is 0.161 e. The molecule has 0 amide bonds. The van der Waals surface area contributed by atoms with Gasteiger partial charge in [-0.3, -0.25) is 4.98 Å². The molecule has 2 aromatic rings. The molecule has 1 atom stereocenters. The van der Waals surface area contributed by atoms with E-state index in [0.717, 1.165) is 17.8 Å². The summed E-state index contributed by atoms with van der Waals surface area (Å²) in [7, 11) is 0. The summed E-state index contributed by atoms with van der Waals surface area (Å²) >= 11 is 0. The van der Waals surface area contributed by atoms with Gasteiger partial charge in [0, 0.05) is 29.6 Å². The van der Waals surface area contributed by atoms with E-state index in [1.54, 1.807) is 12.1 Å². The van der Waals surface area contributed by atoms with Crippen molar-refractivity contribution >= 4 is 10.9 Å². The van der Waals surface area contributed by atoms with E-state index >= 15 is 0 Å². The average Bonchev–Trinajstić information content (AvgIpc) is 2.19. The first kappa shape index (κ1) is 11.0. The summed E-state index contributed by atoms with van der Waals surface area (Å²) in [6.07, 6.45) is 0.620. The van der Waals surface area contributed by atoms with Crippen LogP contribution in [0.5, 0.6) is 0 Å². The first-order valence-electron chi connectivity index (χ1n) is 5.06. The van der Waals surface area contributed by atoms with Crippen LogP contribution in [0, 0.1) is 11.6 Å². The molecule has 2 nitrogen and oxygen atoms in total. The lowest BCUT2D eigenvalue weighted by Crippen LogP contribution is -2.18. The van der Waals surface area contributed by atoms with E-state index in [9.17, 15) is 8.78 Å². The van der Waals surface area contributed by atoms with E-state index in [1.165, 1.54) is 0 Å². The van der Waals surface area contributed by atoms with E-state index in [1.807, 2.05) is 6.92 Å². The van der Waals surface area contributed by atoms with Gasteiger partial charge in [0.05, 0.1) is 5.52 Å². The van der Waals surface area contributed by atoms with Crippen LogP contribution in [0.1, 0.15) is 12.6 Å². The molecule has 1 aromatic carbocycles. The van der Waals surface area contributed by atoms with Crippen LogP contribution >= 0.6 is 0 Å². The second-order valence-electron chi connectivity index (χ2n) is 3.94. The molecule has 0 aliphatic carbocycles. The lowest BCUT2D eigenvalue weighted by molar-refractivity contribution is 0.510. The van der Waals surface area contributed by atoms with Gasteiger partial charge in [-0.25, -0.2) is 8.78 Å². The van der Waals surface area contributed by atoms with Crippen molar-refractivity contribution in [3.05, 3.63) is 41.6 Å². The van der Waals surface area contributed by atoms with Crippen molar-refractivity contribution < 1.29 is 8.78 Å². The molecule has 0 bridgehead atoms. The summed E-state index contributed by atoms with van der Waals surface area (Å²) in [4.78, 5) is 4.23. The van der Waals surface area contributed by atoms with E-state index < -0.39 is 11.6 Å². The molecular formula is C12H12F2N2. The highest BCUT2D eigenvalue weighted by atomic mass is 19.2. The number of rotatable bonds is 2. The highest BCUT2D eigenvalue weighted by molar-refractivity contribution is 5.78. The third kappa shape index (κ3) is 2.17. The van der Waals surface area contributed by atoms with Crippen LogP contribution in [-0.4, -0.2) is 11.0 Å². The first-order chi connectivity index (χ1) is 7.56. The Morgan fingerprint density at radius 3 is 2.62 bits per heavy atom.